The molecule has 21 heavy (non-hydrogen) atoms. The van der Waals surface area contributed by atoms with Crippen molar-refractivity contribution in [2.45, 2.75) is 58.4 Å². The lowest BCUT2D eigenvalue weighted by Gasteiger charge is -2.31. The number of hydrogen-bond acceptors (Lipinski definition) is 4. The quantitative estimate of drug-likeness (QED) is 0.745. The number of hydrogen-bond donors (Lipinski definition) is 2. The van der Waals surface area contributed by atoms with E-state index >= 15 is 0 Å². The lowest BCUT2D eigenvalue weighted by Crippen LogP contribution is -2.48. The Hall–Kier alpha value is -1.13. The second kappa shape index (κ2) is 7.23. The van der Waals surface area contributed by atoms with Gasteiger partial charge >= 0.3 is 5.97 Å². The van der Waals surface area contributed by atoms with Gasteiger partial charge in [0.25, 0.3) is 0 Å². The summed E-state index contributed by atoms with van der Waals surface area (Å²) in [5.41, 5.74) is -0.872. The minimum atomic E-state index is -3.80. The fourth-order valence-corrected chi connectivity index (χ4v) is 4.65. The Balaban J connectivity index is 2.85. The number of nitrogens with one attached hydrogen (secondary N) is 1. The first-order chi connectivity index (χ1) is 9.75. The average Bonchev–Trinajstić information content (AvgIpc) is 2.44. The number of aliphatic carboxylic acids is 1. The molecule has 0 heterocycles. The fraction of sp³-hybridized carbons (Fsp3) is 0.857. The molecule has 0 aromatic rings. The van der Waals surface area contributed by atoms with Crippen molar-refractivity contribution < 1.29 is 18.3 Å². The van der Waals surface area contributed by atoms with Gasteiger partial charge in [0.1, 0.15) is 6.04 Å². The molecule has 2 atom stereocenters. The Kier molecular flexibility index (Phi) is 6.17. The lowest BCUT2D eigenvalue weighted by atomic mass is 9.77. The monoisotopic (exact) mass is 316 g/mol. The van der Waals surface area contributed by atoms with Gasteiger partial charge in [0.2, 0.25) is 10.0 Å². The third-order valence-electron chi connectivity index (χ3n) is 4.30. The molecule has 0 saturated heterocycles. The molecule has 7 heteroatoms. The maximum atomic E-state index is 12.3. The number of nitriles is 1. The van der Waals surface area contributed by atoms with E-state index in [0.717, 1.165) is 19.3 Å². The first-order valence-corrected chi connectivity index (χ1v) is 9.04. The van der Waals surface area contributed by atoms with Crippen molar-refractivity contribution in [1.29, 1.82) is 5.26 Å². The molecule has 2 N–H and O–H groups in total. The van der Waals surface area contributed by atoms with Crippen LogP contribution in [0.25, 0.3) is 0 Å². The highest BCUT2D eigenvalue weighted by Crippen LogP contribution is 2.36. The van der Waals surface area contributed by atoms with Crippen molar-refractivity contribution in [1.82, 2.24) is 4.72 Å². The van der Waals surface area contributed by atoms with Crippen LogP contribution >= 0.6 is 0 Å². The molecule has 0 amide bonds. The second-order valence-electron chi connectivity index (χ2n) is 6.03. The summed E-state index contributed by atoms with van der Waals surface area (Å²) in [5, 5.41) is 18.5. The van der Waals surface area contributed by atoms with E-state index in [1.807, 2.05) is 6.92 Å². The van der Waals surface area contributed by atoms with Crippen molar-refractivity contribution in [3.8, 4) is 6.07 Å². The summed E-state index contributed by atoms with van der Waals surface area (Å²) >= 11 is 0. The van der Waals surface area contributed by atoms with Crippen molar-refractivity contribution in [3.05, 3.63) is 0 Å². The summed E-state index contributed by atoms with van der Waals surface area (Å²) in [6.45, 7) is 3.51. The molecule has 0 spiro atoms. The summed E-state index contributed by atoms with van der Waals surface area (Å²) in [5.74, 6) is -1.79. The molecule has 0 unspecified atom stereocenters. The van der Waals surface area contributed by atoms with Gasteiger partial charge in [-0.25, -0.2) is 13.1 Å². The molecule has 1 rings (SSSR count). The van der Waals surface area contributed by atoms with Gasteiger partial charge in [0.05, 0.1) is 17.2 Å². The van der Waals surface area contributed by atoms with Gasteiger partial charge in [-0.3, -0.25) is 4.79 Å². The Labute approximate surface area is 126 Å². The minimum Gasteiger partial charge on any atom is -0.480 e. The molecule has 0 radical (unpaired) electrons. The number of carbonyl (C=O) groups is 1. The maximum absolute atomic E-state index is 12.3. The molecular formula is C14H24N2O4S. The van der Waals surface area contributed by atoms with Gasteiger partial charge in [-0.15, -0.1) is 0 Å². The van der Waals surface area contributed by atoms with Gasteiger partial charge < -0.3 is 5.11 Å². The van der Waals surface area contributed by atoms with Crippen LogP contribution in [-0.4, -0.2) is 31.3 Å². The normalized spacial score (nSPS) is 21.2. The van der Waals surface area contributed by atoms with E-state index in [0.29, 0.717) is 19.3 Å². The van der Waals surface area contributed by atoms with Crippen LogP contribution in [0.1, 0.15) is 52.4 Å². The number of nitrogens with zero attached hydrogens (tertiary/aromatic N) is 1. The third-order valence-corrected chi connectivity index (χ3v) is 5.85. The number of carboxylic acids is 1. The standard InChI is InChI=1S/C14H24N2O4S/c1-3-11(2)12(13(17)18)16-21(19,20)10-14(9-15)7-5-4-6-8-14/h11-12,16H,3-8,10H2,1-2H3,(H,17,18)/t11-,12-/m0/s1. The summed E-state index contributed by atoms with van der Waals surface area (Å²) in [7, 11) is -3.80. The van der Waals surface area contributed by atoms with Crippen LogP contribution in [-0.2, 0) is 14.8 Å². The predicted molar refractivity (Wildman–Crippen MR) is 78.9 cm³/mol. The Morgan fingerprint density at radius 3 is 2.38 bits per heavy atom. The largest absolute Gasteiger partial charge is 0.480 e. The highest BCUT2D eigenvalue weighted by molar-refractivity contribution is 7.89. The predicted octanol–water partition coefficient (Wildman–Crippen LogP) is 1.88. The molecule has 1 aliphatic carbocycles. The molecule has 1 aliphatic rings. The third kappa shape index (κ3) is 4.97. The van der Waals surface area contributed by atoms with E-state index < -0.39 is 27.4 Å². The van der Waals surface area contributed by atoms with Crippen molar-refractivity contribution in [3.63, 3.8) is 0 Å². The first-order valence-electron chi connectivity index (χ1n) is 7.39. The first kappa shape index (κ1) is 17.9. The minimum absolute atomic E-state index is 0.304. The highest BCUT2D eigenvalue weighted by Gasteiger charge is 2.39. The van der Waals surface area contributed by atoms with E-state index in [1.165, 1.54) is 0 Å². The Morgan fingerprint density at radius 2 is 1.95 bits per heavy atom. The van der Waals surface area contributed by atoms with Crippen LogP contribution < -0.4 is 4.72 Å². The van der Waals surface area contributed by atoms with Gasteiger partial charge in [0, 0.05) is 0 Å². The highest BCUT2D eigenvalue weighted by atomic mass is 32.2. The van der Waals surface area contributed by atoms with Gasteiger partial charge in [-0.05, 0) is 18.8 Å². The van der Waals surface area contributed by atoms with Crippen molar-refractivity contribution in [2.75, 3.05) is 5.75 Å². The topological polar surface area (TPSA) is 107 Å². The van der Waals surface area contributed by atoms with E-state index in [9.17, 15) is 23.6 Å². The maximum Gasteiger partial charge on any atom is 0.322 e. The van der Waals surface area contributed by atoms with Crippen LogP contribution in [0, 0.1) is 22.7 Å². The van der Waals surface area contributed by atoms with Gasteiger partial charge in [-0.2, -0.15) is 5.26 Å². The number of sulfonamides is 1. The van der Waals surface area contributed by atoms with Crippen molar-refractivity contribution >= 4 is 16.0 Å². The zero-order valence-electron chi connectivity index (χ0n) is 12.6. The summed E-state index contributed by atoms with van der Waals surface area (Å²) in [4.78, 5) is 11.2. The molecule has 1 saturated carbocycles. The fourth-order valence-electron chi connectivity index (χ4n) is 2.76. The Bertz CT molecular complexity index is 504. The lowest BCUT2D eigenvalue weighted by molar-refractivity contribution is -0.140. The van der Waals surface area contributed by atoms with E-state index in [4.69, 9.17) is 0 Å². The van der Waals surface area contributed by atoms with E-state index in [1.54, 1.807) is 6.92 Å². The second-order valence-corrected chi connectivity index (χ2v) is 7.79. The van der Waals surface area contributed by atoms with Crippen LogP contribution in [0.5, 0.6) is 0 Å². The SMILES string of the molecule is CC[C@H](C)[C@H](NS(=O)(=O)CC1(C#N)CCCCC1)C(=O)O. The van der Waals surface area contributed by atoms with Crippen LogP contribution in [0.4, 0.5) is 0 Å². The molecule has 0 bridgehead atoms. The zero-order valence-corrected chi connectivity index (χ0v) is 13.4. The number of rotatable bonds is 7. The van der Waals surface area contributed by atoms with Gasteiger partial charge in [0.15, 0.2) is 0 Å². The average molecular weight is 316 g/mol. The summed E-state index contributed by atoms with van der Waals surface area (Å²) in [6, 6.07) is 1.01. The molecule has 0 aromatic heterocycles. The molecule has 0 aromatic carbocycles. The van der Waals surface area contributed by atoms with Crippen LogP contribution in [0.3, 0.4) is 0 Å². The molecule has 6 nitrogen and oxygen atoms in total. The van der Waals surface area contributed by atoms with Gasteiger partial charge in [-0.1, -0.05) is 39.5 Å². The number of carboxylic acid groups (broad SMARTS) is 1. The smallest absolute Gasteiger partial charge is 0.322 e. The molecular weight excluding hydrogens is 292 g/mol. The Morgan fingerprint density at radius 1 is 1.38 bits per heavy atom. The van der Waals surface area contributed by atoms with Crippen LogP contribution in [0.2, 0.25) is 0 Å². The summed E-state index contributed by atoms with van der Waals surface area (Å²) in [6.07, 6.45) is 4.38. The van der Waals surface area contributed by atoms with E-state index in [2.05, 4.69) is 10.8 Å². The zero-order chi connectivity index (χ0) is 16.1. The summed E-state index contributed by atoms with van der Waals surface area (Å²) < 4.78 is 26.8. The van der Waals surface area contributed by atoms with Crippen molar-refractivity contribution in [2.24, 2.45) is 11.3 Å². The molecule has 1 fully saturated rings. The molecule has 120 valence electrons. The molecule has 0 aliphatic heterocycles. The van der Waals surface area contributed by atoms with Crippen LogP contribution in [0.15, 0.2) is 0 Å². The van der Waals surface area contributed by atoms with E-state index in [-0.39, 0.29) is 11.7 Å².